The SMILES string of the molecule is COC(=O)C1CC(=O)N(c2cc(Br)c[nH]c2=O)C1. The molecule has 0 saturated carbocycles. The molecule has 1 fully saturated rings. The van der Waals surface area contributed by atoms with Crippen LogP contribution in [0.4, 0.5) is 5.69 Å². The first-order valence-electron chi connectivity index (χ1n) is 5.29. The smallest absolute Gasteiger partial charge is 0.311 e. The zero-order valence-electron chi connectivity index (χ0n) is 9.60. The minimum Gasteiger partial charge on any atom is -0.469 e. The second-order valence-corrected chi connectivity index (χ2v) is 4.88. The molecule has 0 aliphatic carbocycles. The predicted molar refractivity (Wildman–Crippen MR) is 67.2 cm³/mol. The van der Waals surface area contributed by atoms with Gasteiger partial charge in [-0.25, -0.2) is 0 Å². The van der Waals surface area contributed by atoms with Crippen LogP contribution in [0.1, 0.15) is 6.42 Å². The van der Waals surface area contributed by atoms with Gasteiger partial charge in [-0.05, 0) is 22.0 Å². The average Bonchev–Trinajstić information content (AvgIpc) is 2.73. The molecule has 1 aliphatic heterocycles. The number of nitrogens with zero attached hydrogens (tertiary/aromatic N) is 1. The molecule has 96 valence electrons. The highest BCUT2D eigenvalue weighted by Gasteiger charge is 2.36. The number of amides is 1. The predicted octanol–water partition coefficient (Wildman–Crippen LogP) is 0.663. The van der Waals surface area contributed by atoms with E-state index in [2.05, 4.69) is 25.7 Å². The van der Waals surface area contributed by atoms with Crippen molar-refractivity contribution in [2.45, 2.75) is 6.42 Å². The van der Waals surface area contributed by atoms with Crippen molar-refractivity contribution in [1.82, 2.24) is 4.98 Å². The average molecular weight is 315 g/mol. The molecule has 7 heteroatoms. The summed E-state index contributed by atoms with van der Waals surface area (Å²) in [6.07, 6.45) is 1.56. The Labute approximate surface area is 111 Å². The largest absolute Gasteiger partial charge is 0.469 e. The van der Waals surface area contributed by atoms with Gasteiger partial charge in [0.2, 0.25) is 5.91 Å². The molecular weight excluding hydrogens is 304 g/mol. The third-order valence-electron chi connectivity index (χ3n) is 2.80. The maximum Gasteiger partial charge on any atom is 0.311 e. The molecule has 0 aromatic carbocycles. The van der Waals surface area contributed by atoms with Crippen molar-refractivity contribution in [3.05, 3.63) is 27.1 Å². The molecule has 0 radical (unpaired) electrons. The molecular formula is C11H11BrN2O4. The number of pyridine rings is 1. The Morgan fingerprint density at radius 1 is 1.56 bits per heavy atom. The Bertz CT molecular complexity index is 554. The van der Waals surface area contributed by atoms with Crippen molar-refractivity contribution >= 4 is 33.5 Å². The van der Waals surface area contributed by atoms with E-state index in [-0.39, 0.29) is 30.1 Å². The van der Waals surface area contributed by atoms with Gasteiger partial charge < -0.3 is 14.6 Å². The number of aromatic nitrogens is 1. The number of hydrogen-bond donors (Lipinski definition) is 1. The minimum absolute atomic E-state index is 0.0681. The number of aromatic amines is 1. The van der Waals surface area contributed by atoms with Gasteiger partial charge in [-0.1, -0.05) is 0 Å². The van der Waals surface area contributed by atoms with E-state index >= 15 is 0 Å². The van der Waals surface area contributed by atoms with Crippen LogP contribution in [-0.4, -0.2) is 30.5 Å². The lowest BCUT2D eigenvalue weighted by Crippen LogP contribution is -2.31. The van der Waals surface area contributed by atoms with Crippen molar-refractivity contribution in [1.29, 1.82) is 0 Å². The maximum atomic E-state index is 11.8. The monoisotopic (exact) mass is 314 g/mol. The number of carbonyl (C=O) groups is 2. The normalized spacial score (nSPS) is 19.1. The standard InChI is InChI=1S/C11H11BrN2O4/c1-18-11(17)6-2-9(15)14(5-6)8-3-7(12)4-13-10(8)16/h3-4,6H,2,5H2,1H3,(H,13,16). The minimum atomic E-state index is -0.513. The molecule has 1 aromatic rings. The fourth-order valence-corrected chi connectivity index (χ4v) is 2.24. The summed E-state index contributed by atoms with van der Waals surface area (Å²) in [5.41, 5.74) is -0.127. The van der Waals surface area contributed by atoms with E-state index < -0.39 is 11.9 Å². The third-order valence-corrected chi connectivity index (χ3v) is 3.26. The molecule has 1 aromatic heterocycles. The number of methoxy groups -OCH3 is 1. The van der Waals surface area contributed by atoms with E-state index in [4.69, 9.17) is 0 Å². The Morgan fingerprint density at radius 2 is 2.28 bits per heavy atom. The van der Waals surface area contributed by atoms with Crippen LogP contribution in [0.2, 0.25) is 0 Å². The lowest BCUT2D eigenvalue weighted by atomic mass is 10.1. The first-order chi connectivity index (χ1) is 8.52. The third kappa shape index (κ3) is 2.31. The highest BCUT2D eigenvalue weighted by Crippen LogP contribution is 2.24. The van der Waals surface area contributed by atoms with Crippen molar-refractivity contribution in [3.8, 4) is 0 Å². The molecule has 2 heterocycles. The van der Waals surface area contributed by atoms with Gasteiger partial charge in [-0.15, -0.1) is 0 Å². The van der Waals surface area contributed by atoms with Gasteiger partial charge in [0.15, 0.2) is 0 Å². The van der Waals surface area contributed by atoms with E-state index in [0.29, 0.717) is 4.47 Å². The highest BCUT2D eigenvalue weighted by atomic mass is 79.9. The number of nitrogens with one attached hydrogen (secondary N) is 1. The van der Waals surface area contributed by atoms with Crippen LogP contribution in [0.3, 0.4) is 0 Å². The van der Waals surface area contributed by atoms with Gasteiger partial charge in [0.25, 0.3) is 5.56 Å². The zero-order chi connectivity index (χ0) is 13.3. The molecule has 1 amide bonds. The molecule has 1 atom stereocenters. The van der Waals surface area contributed by atoms with Crippen molar-refractivity contribution in [3.63, 3.8) is 0 Å². The number of halogens is 1. The topological polar surface area (TPSA) is 79.5 Å². The molecule has 1 aliphatic rings. The number of hydrogen-bond acceptors (Lipinski definition) is 4. The molecule has 18 heavy (non-hydrogen) atoms. The van der Waals surface area contributed by atoms with Crippen molar-refractivity contribution in [2.75, 3.05) is 18.6 Å². The molecule has 0 spiro atoms. The van der Waals surface area contributed by atoms with E-state index in [9.17, 15) is 14.4 Å². The number of carbonyl (C=O) groups excluding carboxylic acids is 2. The molecule has 2 rings (SSSR count). The number of esters is 1. The lowest BCUT2D eigenvalue weighted by molar-refractivity contribution is -0.145. The van der Waals surface area contributed by atoms with Gasteiger partial charge in [-0.3, -0.25) is 14.4 Å². The van der Waals surface area contributed by atoms with E-state index in [1.807, 2.05) is 0 Å². The van der Waals surface area contributed by atoms with Crippen LogP contribution < -0.4 is 10.5 Å². The van der Waals surface area contributed by atoms with Crippen molar-refractivity contribution < 1.29 is 14.3 Å². The Balaban J connectivity index is 2.30. The fraction of sp³-hybridized carbons (Fsp3) is 0.364. The van der Waals surface area contributed by atoms with Crippen LogP contribution in [-0.2, 0) is 14.3 Å². The van der Waals surface area contributed by atoms with E-state index in [1.165, 1.54) is 18.2 Å². The summed E-state index contributed by atoms with van der Waals surface area (Å²) in [7, 11) is 1.28. The number of H-pyrrole nitrogens is 1. The summed E-state index contributed by atoms with van der Waals surface area (Å²) in [4.78, 5) is 38.7. The summed E-state index contributed by atoms with van der Waals surface area (Å²) in [5, 5.41) is 0. The Hall–Kier alpha value is -1.63. The van der Waals surface area contributed by atoms with E-state index in [0.717, 1.165) is 0 Å². The Kier molecular flexibility index (Phi) is 3.51. The quantitative estimate of drug-likeness (QED) is 0.813. The van der Waals surface area contributed by atoms with Gasteiger partial charge in [0.05, 0.1) is 13.0 Å². The summed E-state index contributed by atoms with van der Waals surface area (Å²) in [6, 6.07) is 1.55. The molecule has 1 unspecified atom stereocenters. The summed E-state index contributed by atoms with van der Waals surface area (Å²) >= 11 is 3.22. The fourth-order valence-electron chi connectivity index (χ4n) is 1.91. The van der Waals surface area contributed by atoms with Gasteiger partial charge in [-0.2, -0.15) is 0 Å². The second-order valence-electron chi connectivity index (χ2n) is 3.96. The Morgan fingerprint density at radius 3 is 2.94 bits per heavy atom. The van der Waals surface area contributed by atoms with Gasteiger partial charge in [0.1, 0.15) is 5.69 Å². The van der Waals surface area contributed by atoms with E-state index in [1.54, 1.807) is 6.07 Å². The zero-order valence-corrected chi connectivity index (χ0v) is 11.2. The van der Waals surface area contributed by atoms with Crippen molar-refractivity contribution in [2.24, 2.45) is 5.92 Å². The number of rotatable bonds is 2. The molecule has 0 bridgehead atoms. The second kappa shape index (κ2) is 4.93. The lowest BCUT2D eigenvalue weighted by Gasteiger charge is -2.15. The van der Waals surface area contributed by atoms with Gasteiger partial charge in [0, 0.05) is 23.6 Å². The van der Waals surface area contributed by atoms with Crippen LogP contribution in [0.25, 0.3) is 0 Å². The first-order valence-corrected chi connectivity index (χ1v) is 6.08. The molecule has 1 N–H and O–H groups in total. The maximum absolute atomic E-state index is 11.8. The van der Waals surface area contributed by atoms with Crippen LogP contribution in [0, 0.1) is 5.92 Å². The number of ether oxygens (including phenoxy) is 1. The van der Waals surface area contributed by atoms with Crippen LogP contribution in [0.15, 0.2) is 21.5 Å². The van der Waals surface area contributed by atoms with Gasteiger partial charge >= 0.3 is 5.97 Å². The summed E-state index contributed by atoms with van der Waals surface area (Å²) < 4.78 is 5.27. The summed E-state index contributed by atoms with van der Waals surface area (Å²) in [6.45, 7) is 0.172. The number of anilines is 1. The first kappa shape index (κ1) is 12.8. The molecule has 6 nitrogen and oxygen atoms in total. The highest BCUT2D eigenvalue weighted by molar-refractivity contribution is 9.10. The van der Waals surface area contributed by atoms with Crippen LogP contribution in [0.5, 0.6) is 0 Å². The van der Waals surface area contributed by atoms with Crippen LogP contribution >= 0.6 is 15.9 Å². The molecule has 1 saturated heterocycles. The summed E-state index contributed by atoms with van der Waals surface area (Å²) in [5.74, 6) is -1.20.